The first kappa shape index (κ1) is 10.5. The second kappa shape index (κ2) is 4.60. The first-order chi connectivity index (χ1) is 6.13. The van der Waals surface area contributed by atoms with Gasteiger partial charge in [-0.3, -0.25) is 5.84 Å². The van der Waals surface area contributed by atoms with Crippen LogP contribution in [0.2, 0.25) is 0 Å². The molecule has 0 fully saturated rings. The lowest BCUT2D eigenvalue weighted by Crippen LogP contribution is -2.27. The van der Waals surface area contributed by atoms with Crippen molar-refractivity contribution in [3.05, 3.63) is 34.7 Å². The highest BCUT2D eigenvalue weighted by Crippen LogP contribution is 2.23. The van der Waals surface area contributed by atoms with Gasteiger partial charge in [-0.15, -0.1) is 6.58 Å². The fraction of sp³-hybridized carbons (Fsp3) is 0.333. The third-order valence-corrected chi connectivity index (χ3v) is 2.12. The fourth-order valence-electron chi connectivity index (χ4n) is 1.11. The molecular formula is C9H13BrN2O. The Labute approximate surface area is 86.1 Å². The van der Waals surface area contributed by atoms with Crippen LogP contribution in [-0.4, -0.2) is 0 Å². The lowest BCUT2D eigenvalue weighted by molar-refractivity contribution is 0.404. The van der Waals surface area contributed by atoms with Crippen molar-refractivity contribution in [2.45, 2.75) is 19.4 Å². The summed E-state index contributed by atoms with van der Waals surface area (Å²) in [6, 6.07) is 3.74. The number of rotatable bonds is 4. The molecule has 0 amide bonds. The maximum absolute atomic E-state index is 5.40. The van der Waals surface area contributed by atoms with E-state index in [4.69, 9.17) is 10.3 Å². The van der Waals surface area contributed by atoms with Gasteiger partial charge in [0.1, 0.15) is 5.76 Å². The minimum absolute atomic E-state index is 0.00352. The Morgan fingerprint density at radius 2 is 2.46 bits per heavy atom. The number of hydrazine groups is 1. The van der Waals surface area contributed by atoms with Gasteiger partial charge in [-0.05, 0) is 41.4 Å². The second-order valence-electron chi connectivity index (χ2n) is 3.02. The average Bonchev–Trinajstić information content (AvgIpc) is 2.47. The van der Waals surface area contributed by atoms with Crippen molar-refractivity contribution in [3.8, 4) is 0 Å². The van der Waals surface area contributed by atoms with E-state index in [0.717, 1.165) is 17.8 Å². The van der Waals surface area contributed by atoms with Gasteiger partial charge in [0.2, 0.25) is 0 Å². The quantitative estimate of drug-likeness (QED) is 0.486. The Morgan fingerprint density at radius 3 is 2.85 bits per heavy atom. The van der Waals surface area contributed by atoms with Crippen molar-refractivity contribution in [1.82, 2.24) is 5.43 Å². The standard InChI is InChI=1S/C9H13BrN2O/c1-6(2)5-7(12-11)8-3-4-9(10)13-8/h3-4,7,12H,1,5,11H2,2H3. The Balaban J connectivity index is 2.72. The van der Waals surface area contributed by atoms with Crippen LogP contribution in [-0.2, 0) is 0 Å². The van der Waals surface area contributed by atoms with E-state index in [1.54, 1.807) is 0 Å². The van der Waals surface area contributed by atoms with Crippen molar-refractivity contribution >= 4 is 15.9 Å². The highest BCUT2D eigenvalue weighted by Gasteiger charge is 2.13. The molecule has 1 aromatic heterocycles. The zero-order valence-electron chi connectivity index (χ0n) is 7.51. The molecule has 0 saturated carbocycles. The van der Waals surface area contributed by atoms with E-state index in [2.05, 4.69) is 27.9 Å². The molecule has 1 atom stereocenters. The van der Waals surface area contributed by atoms with Crippen LogP contribution in [0.25, 0.3) is 0 Å². The van der Waals surface area contributed by atoms with Crippen LogP contribution >= 0.6 is 15.9 Å². The highest BCUT2D eigenvalue weighted by molar-refractivity contribution is 9.10. The number of hydrogen-bond acceptors (Lipinski definition) is 3. The Kier molecular flexibility index (Phi) is 3.71. The highest BCUT2D eigenvalue weighted by atomic mass is 79.9. The molecule has 1 rings (SSSR count). The molecule has 72 valence electrons. The van der Waals surface area contributed by atoms with Crippen LogP contribution in [0.15, 0.2) is 33.4 Å². The fourth-order valence-corrected chi connectivity index (χ4v) is 1.42. The van der Waals surface area contributed by atoms with E-state index in [1.165, 1.54) is 0 Å². The number of nitrogens with one attached hydrogen (secondary N) is 1. The summed E-state index contributed by atoms with van der Waals surface area (Å²) in [6.45, 7) is 5.79. The van der Waals surface area contributed by atoms with Crippen molar-refractivity contribution in [2.75, 3.05) is 0 Å². The summed E-state index contributed by atoms with van der Waals surface area (Å²) in [5.41, 5.74) is 3.75. The summed E-state index contributed by atoms with van der Waals surface area (Å²) in [4.78, 5) is 0. The molecule has 4 heteroatoms. The lowest BCUT2D eigenvalue weighted by atomic mass is 10.1. The molecule has 0 aromatic carbocycles. The van der Waals surface area contributed by atoms with Crippen molar-refractivity contribution in [1.29, 1.82) is 0 Å². The van der Waals surface area contributed by atoms with E-state index in [1.807, 2.05) is 19.1 Å². The van der Waals surface area contributed by atoms with Gasteiger partial charge in [0.05, 0.1) is 6.04 Å². The molecule has 1 unspecified atom stereocenters. The van der Waals surface area contributed by atoms with Gasteiger partial charge in [0.15, 0.2) is 4.67 Å². The maximum atomic E-state index is 5.40. The average molecular weight is 245 g/mol. The van der Waals surface area contributed by atoms with Crippen LogP contribution in [0, 0.1) is 0 Å². The van der Waals surface area contributed by atoms with Gasteiger partial charge in [-0.2, -0.15) is 0 Å². The minimum atomic E-state index is 0.00352. The van der Waals surface area contributed by atoms with Gasteiger partial charge in [0, 0.05) is 0 Å². The third kappa shape index (κ3) is 2.99. The number of nitrogens with two attached hydrogens (primary N) is 1. The maximum Gasteiger partial charge on any atom is 0.169 e. The summed E-state index contributed by atoms with van der Waals surface area (Å²) in [6.07, 6.45) is 0.774. The Hall–Kier alpha value is -0.580. The van der Waals surface area contributed by atoms with Crippen LogP contribution in [0.5, 0.6) is 0 Å². The number of furan rings is 1. The lowest BCUT2D eigenvalue weighted by Gasteiger charge is -2.12. The molecule has 1 aromatic rings. The van der Waals surface area contributed by atoms with Crippen LogP contribution < -0.4 is 11.3 Å². The zero-order valence-corrected chi connectivity index (χ0v) is 9.10. The molecule has 0 aliphatic rings. The van der Waals surface area contributed by atoms with E-state index in [9.17, 15) is 0 Å². The van der Waals surface area contributed by atoms with E-state index in [0.29, 0.717) is 4.67 Å². The topological polar surface area (TPSA) is 51.2 Å². The SMILES string of the molecule is C=C(C)CC(NN)c1ccc(Br)o1. The van der Waals surface area contributed by atoms with Crippen LogP contribution in [0.3, 0.4) is 0 Å². The van der Waals surface area contributed by atoms with Gasteiger partial charge < -0.3 is 4.42 Å². The van der Waals surface area contributed by atoms with E-state index >= 15 is 0 Å². The second-order valence-corrected chi connectivity index (χ2v) is 3.80. The van der Waals surface area contributed by atoms with E-state index in [-0.39, 0.29) is 6.04 Å². The molecule has 0 radical (unpaired) electrons. The van der Waals surface area contributed by atoms with Crippen LogP contribution in [0.4, 0.5) is 0 Å². The van der Waals surface area contributed by atoms with Crippen molar-refractivity contribution < 1.29 is 4.42 Å². The van der Waals surface area contributed by atoms with Gasteiger partial charge in [0.25, 0.3) is 0 Å². The Bertz CT molecular complexity index is 296. The molecule has 0 bridgehead atoms. The largest absolute Gasteiger partial charge is 0.453 e. The monoisotopic (exact) mass is 244 g/mol. The molecule has 3 nitrogen and oxygen atoms in total. The number of hydrogen-bond donors (Lipinski definition) is 2. The summed E-state index contributed by atoms with van der Waals surface area (Å²) in [7, 11) is 0. The molecular weight excluding hydrogens is 232 g/mol. The van der Waals surface area contributed by atoms with Crippen molar-refractivity contribution in [2.24, 2.45) is 5.84 Å². The van der Waals surface area contributed by atoms with Gasteiger partial charge in [-0.1, -0.05) is 5.57 Å². The van der Waals surface area contributed by atoms with E-state index < -0.39 is 0 Å². The summed E-state index contributed by atoms with van der Waals surface area (Å²) in [5.74, 6) is 6.21. The first-order valence-corrected chi connectivity index (χ1v) is 4.78. The minimum Gasteiger partial charge on any atom is -0.453 e. The summed E-state index contributed by atoms with van der Waals surface area (Å²) in [5, 5.41) is 0. The molecule has 3 N–H and O–H groups in total. The molecule has 0 aliphatic carbocycles. The molecule has 0 aliphatic heterocycles. The van der Waals surface area contributed by atoms with Crippen LogP contribution in [0.1, 0.15) is 25.1 Å². The first-order valence-electron chi connectivity index (χ1n) is 3.99. The molecule has 13 heavy (non-hydrogen) atoms. The molecule has 0 saturated heterocycles. The third-order valence-electron chi connectivity index (χ3n) is 1.69. The normalized spacial score (nSPS) is 12.8. The molecule has 1 heterocycles. The Morgan fingerprint density at radius 1 is 1.77 bits per heavy atom. The number of halogens is 1. The molecule has 0 spiro atoms. The summed E-state index contributed by atoms with van der Waals surface area (Å²) < 4.78 is 6.08. The smallest absolute Gasteiger partial charge is 0.169 e. The zero-order chi connectivity index (χ0) is 9.84. The predicted molar refractivity (Wildman–Crippen MR) is 55.9 cm³/mol. The summed E-state index contributed by atoms with van der Waals surface area (Å²) >= 11 is 3.24. The van der Waals surface area contributed by atoms with Crippen molar-refractivity contribution in [3.63, 3.8) is 0 Å². The van der Waals surface area contributed by atoms with Gasteiger partial charge in [-0.25, -0.2) is 5.43 Å². The van der Waals surface area contributed by atoms with Gasteiger partial charge >= 0.3 is 0 Å². The predicted octanol–water partition coefficient (Wildman–Crippen LogP) is 2.51.